The van der Waals surface area contributed by atoms with Crippen molar-refractivity contribution in [2.45, 2.75) is 40.2 Å². The number of halogens is 1. The van der Waals surface area contributed by atoms with Crippen LogP contribution in [0.25, 0.3) is 0 Å². The molecule has 1 rings (SSSR count). The van der Waals surface area contributed by atoms with E-state index in [9.17, 15) is 4.79 Å². The Balaban J connectivity index is 2.53. The van der Waals surface area contributed by atoms with E-state index >= 15 is 0 Å². The molecule has 0 unspecified atom stereocenters. The third-order valence-electron chi connectivity index (χ3n) is 3.28. The highest BCUT2D eigenvalue weighted by Gasteiger charge is 2.08. The number of rotatable bonds is 9. The Morgan fingerprint density at radius 1 is 1.35 bits per heavy atom. The first-order valence-corrected chi connectivity index (χ1v) is 8.15. The fourth-order valence-corrected chi connectivity index (χ4v) is 2.47. The Hall–Kier alpha value is -0.880. The molecule has 6 heteroatoms. The zero-order chi connectivity index (χ0) is 15.0. The third-order valence-corrected chi connectivity index (χ3v) is 4.05. The average Bonchev–Trinajstić information content (AvgIpc) is 2.46. The lowest BCUT2D eigenvalue weighted by molar-refractivity contribution is 0.303. The minimum absolute atomic E-state index is 0.0689. The van der Waals surface area contributed by atoms with Crippen LogP contribution in [-0.4, -0.2) is 40.9 Å². The molecule has 0 fully saturated rings. The Labute approximate surface area is 129 Å². The molecule has 0 saturated carbocycles. The van der Waals surface area contributed by atoms with Gasteiger partial charge >= 0.3 is 0 Å². The summed E-state index contributed by atoms with van der Waals surface area (Å²) in [4.78, 5) is 14.4. The van der Waals surface area contributed by atoms with Gasteiger partial charge in [-0.2, -0.15) is 5.10 Å². The summed E-state index contributed by atoms with van der Waals surface area (Å²) in [6, 6.07) is 0. The van der Waals surface area contributed by atoms with E-state index in [1.54, 1.807) is 6.20 Å². The summed E-state index contributed by atoms with van der Waals surface area (Å²) >= 11 is 3.36. The normalized spacial score (nSPS) is 11.1. The van der Waals surface area contributed by atoms with Crippen LogP contribution in [0.3, 0.4) is 0 Å². The zero-order valence-electron chi connectivity index (χ0n) is 12.7. The summed E-state index contributed by atoms with van der Waals surface area (Å²) in [7, 11) is 0. The lowest BCUT2D eigenvalue weighted by Crippen LogP contribution is -2.26. The topological polar surface area (TPSA) is 50.2 Å². The van der Waals surface area contributed by atoms with Gasteiger partial charge in [-0.25, -0.2) is 4.68 Å². The maximum absolute atomic E-state index is 12.0. The van der Waals surface area contributed by atoms with Gasteiger partial charge in [0.25, 0.3) is 5.56 Å². The molecule has 1 aromatic rings. The Kier molecular flexibility index (Phi) is 7.84. The van der Waals surface area contributed by atoms with Gasteiger partial charge in [0.05, 0.1) is 11.9 Å². The predicted molar refractivity (Wildman–Crippen MR) is 87.4 cm³/mol. The van der Waals surface area contributed by atoms with Crippen LogP contribution >= 0.6 is 15.9 Å². The van der Waals surface area contributed by atoms with Crippen molar-refractivity contribution in [3.63, 3.8) is 0 Å². The Bertz CT molecular complexity index is 457. The number of nitrogens with one attached hydrogen (secondary N) is 1. The maximum Gasteiger partial charge on any atom is 0.283 e. The molecule has 20 heavy (non-hydrogen) atoms. The standard InChI is InChI=1S/C14H25BrN4O/c1-4-9-19-14(20)13(15)12(11-17-19)16-8-7-10-18(5-2)6-3/h11,16H,4-10H2,1-3H3. The van der Waals surface area contributed by atoms with Gasteiger partial charge in [-0.1, -0.05) is 20.8 Å². The Morgan fingerprint density at radius 2 is 2.05 bits per heavy atom. The molecular formula is C14H25BrN4O. The minimum Gasteiger partial charge on any atom is -0.383 e. The zero-order valence-corrected chi connectivity index (χ0v) is 14.2. The molecule has 1 heterocycles. The second-order valence-corrected chi connectivity index (χ2v) is 5.50. The van der Waals surface area contributed by atoms with Crippen molar-refractivity contribution in [1.82, 2.24) is 14.7 Å². The molecule has 0 aromatic carbocycles. The Morgan fingerprint density at radius 3 is 2.65 bits per heavy atom. The van der Waals surface area contributed by atoms with Crippen molar-refractivity contribution in [3.05, 3.63) is 21.0 Å². The molecule has 0 aliphatic heterocycles. The number of anilines is 1. The summed E-state index contributed by atoms with van der Waals surface area (Å²) in [5, 5.41) is 7.45. The first-order chi connectivity index (χ1) is 9.63. The van der Waals surface area contributed by atoms with Crippen LogP contribution in [0.1, 0.15) is 33.6 Å². The van der Waals surface area contributed by atoms with E-state index in [-0.39, 0.29) is 5.56 Å². The number of aromatic nitrogens is 2. The molecule has 0 amide bonds. The maximum atomic E-state index is 12.0. The highest BCUT2D eigenvalue weighted by Crippen LogP contribution is 2.15. The van der Waals surface area contributed by atoms with Gasteiger partial charge in [0.1, 0.15) is 4.47 Å². The summed E-state index contributed by atoms with van der Waals surface area (Å²) in [5.74, 6) is 0. The SMILES string of the molecule is CCCn1ncc(NCCCN(CC)CC)c(Br)c1=O. The van der Waals surface area contributed by atoms with Gasteiger partial charge in [-0.3, -0.25) is 4.79 Å². The van der Waals surface area contributed by atoms with Crippen molar-refractivity contribution in [2.75, 3.05) is 31.5 Å². The molecule has 0 aliphatic rings. The molecule has 0 saturated heterocycles. The lowest BCUT2D eigenvalue weighted by Gasteiger charge is -2.18. The van der Waals surface area contributed by atoms with Gasteiger partial charge < -0.3 is 10.2 Å². The smallest absolute Gasteiger partial charge is 0.283 e. The fourth-order valence-electron chi connectivity index (χ4n) is 2.02. The highest BCUT2D eigenvalue weighted by atomic mass is 79.9. The van der Waals surface area contributed by atoms with Crippen LogP contribution in [-0.2, 0) is 6.54 Å². The molecule has 0 bridgehead atoms. The largest absolute Gasteiger partial charge is 0.383 e. The fraction of sp³-hybridized carbons (Fsp3) is 0.714. The number of aryl methyl sites for hydroxylation is 1. The van der Waals surface area contributed by atoms with Crippen LogP contribution in [0.5, 0.6) is 0 Å². The first kappa shape index (κ1) is 17.2. The van der Waals surface area contributed by atoms with Gasteiger partial charge in [-0.15, -0.1) is 0 Å². The first-order valence-electron chi connectivity index (χ1n) is 7.35. The van der Waals surface area contributed by atoms with Crippen LogP contribution in [0.15, 0.2) is 15.5 Å². The second kappa shape index (κ2) is 9.13. The van der Waals surface area contributed by atoms with Crippen molar-refractivity contribution in [1.29, 1.82) is 0 Å². The van der Waals surface area contributed by atoms with Crippen LogP contribution in [0.2, 0.25) is 0 Å². The highest BCUT2D eigenvalue weighted by molar-refractivity contribution is 9.10. The second-order valence-electron chi connectivity index (χ2n) is 4.71. The molecule has 114 valence electrons. The lowest BCUT2D eigenvalue weighted by atomic mass is 10.3. The van der Waals surface area contributed by atoms with E-state index < -0.39 is 0 Å². The van der Waals surface area contributed by atoms with E-state index in [4.69, 9.17) is 0 Å². The van der Waals surface area contributed by atoms with E-state index in [1.807, 2.05) is 6.92 Å². The molecule has 0 radical (unpaired) electrons. The van der Waals surface area contributed by atoms with E-state index in [1.165, 1.54) is 4.68 Å². The molecule has 5 nitrogen and oxygen atoms in total. The summed E-state index contributed by atoms with van der Waals surface area (Å²) in [6.07, 6.45) is 3.67. The van der Waals surface area contributed by atoms with Crippen molar-refractivity contribution < 1.29 is 0 Å². The summed E-state index contributed by atoms with van der Waals surface area (Å²) < 4.78 is 2.06. The van der Waals surface area contributed by atoms with Crippen LogP contribution in [0, 0.1) is 0 Å². The summed E-state index contributed by atoms with van der Waals surface area (Å²) in [6.45, 7) is 11.1. The van der Waals surface area contributed by atoms with E-state index in [0.717, 1.165) is 44.7 Å². The molecular weight excluding hydrogens is 320 g/mol. The van der Waals surface area contributed by atoms with Gasteiger partial charge in [0, 0.05) is 13.1 Å². The van der Waals surface area contributed by atoms with Crippen molar-refractivity contribution in [2.24, 2.45) is 0 Å². The monoisotopic (exact) mass is 344 g/mol. The van der Waals surface area contributed by atoms with E-state index in [0.29, 0.717) is 11.0 Å². The number of hydrogen-bond donors (Lipinski definition) is 1. The van der Waals surface area contributed by atoms with Crippen LogP contribution in [0.4, 0.5) is 5.69 Å². The molecule has 1 N–H and O–H groups in total. The average molecular weight is 345 g/mol. The number of nitrogens with zero attached hydrogens (tertiary/aromatic N) is 3. The van der Waals surface area contributed by atoms with Crippen molar-refractivity contribution in [3.8, 4) is 0 Å². The minimum atomic E-state index is -0.0689. The third kappa shape index (κ3) is 4.90. The quantitative estimate of drug-likeness (QED) is 0.699. The van der Waals surface area contributed by atoms with E-state index in [2.05, 4.69) is 45.1 Å². The molecule has 1 aromatic heterocycles. The van der Waals surface area contributed by atoms with Gasteiger partial charge in [0.2, 0.25) is 0 Å². The van der Waals surface area contributed by atoms with Crippen molar-refractivity contribution >= 4 is 21.6 Å². The predicted octanol–water partition coefficient (Wildman–Crippen LogP) is 2.56. The number of hydrogen-bond acceptors (Lipinski definition) is 4. The van der Waals surface area contributed by atoms with Crippen LogP contribution < -0.4 is 10.9 Å². The molecule has 0 atom stereocenters. The molecule has 0 aliphatic carbocycles. The molecule has 0 spiro atoms. The van der Waals surface area contributed by atoms with Gasteiger partial charge in [-0.05, 0) is 48.4 Å². The van der Waals surface area contributed by atoms with Gasteiger partial charge in [0.15, 0.2) is 0 Å². The summed E-state index contributed by atoms with van der Waals surface area (Å²) in [5.41, 5.74) is 0.711.